The minimum atomic E-state index is -0.827. The van der Waals surface area contributed by atoms with Gasteiger partial charge in [0.15, 0.2) is 11.6 Å². The molecule has 2 saturated carbocycles. The Balaban J connectivity index is 0.925. The average Bonchev–Trinajstić information content (AvgIpc) is 3.86. The summed E-state index contributed by atoms with van der Waals surface area (Å²) in [4.78, 5) is 51.7. The smallest absolute Gasteiger partial charge is 0.438 e. The average molecular weight is 921 g/mol. The summed E-state index contributed by atoms with van der Waals surface area (Å²) in [6.07, 6.45) is 6.85. The van der Waals surface area contributed by atoms with Crippen molar-refractivity contribution >= 4 is 45.2 Å². The number of halogens is 1. The van der Waals surface area contributed by atoms with E-state index in [0.29, 0.717) is 84.2 Å². The number of amides is 3. The molecule has 5 atom stereocenters. The first-order valence-corrected chi connectivity index (χ1v) is 24.0. The number of nitrogens with one attached hydrogen (secondary N) is 1. The topological polar surface area (TPSA) is 162 Å². The van der Waals surface area contributed by atoms with Gasteiger partial charge in [0.25, 0.3) is 5.91 Å². The van der Waals surface area contributed by atoms with E-state index in [0.717, 1.165) is 58.7 Å². The fraction of sp³-hybridized carbons (Fsp3) is 0.451. The van der Waals surface area contributed by atoms with Crippen LogP contribution in [0.2, 0.25) is 0 Å². The van der Waals surface area contributed by atoms with E-state index in [4.69, 9.17) is 24.2 Å². The maximum absolute atomic E-state index is 15.7. The molecule has 13 rings (SSSR count). The molecule has 4 fully saturated rings. The van der Waals surface area contributed by atoms with E-state index in [-0.39, 0.29) is 47.8 Å². The highest BCUT2D eigenvalue weighted by atomic mass is 19.1. The Morgan fingerprint density at radius 2 is 1.74 bits per heavy atom. The zero-order chi connectivity index (χ0) is 46.7. The lowest BCUT2D eigenvalue weighted by Crippen LogP contribution is -2.42. The van der Waals surface area contributed by atoms with E-state index in [1.165, 1.54) is 5.56 Å². The molecule has 3 amide bonds. The van der Waals surface area contributed by atoms with Crippen LogP contribution in [-0.2, 0) is 16.7 Å². The molecule has 1 N–H and O–H groups in total. The Morgan fingerprint density at radius 3 is 2.46 bits per heavy atom. The minimum absolute atomic E-state index is 0.0264. The molecule has 4 aliphatic heterocycles. The Bertz CT molecular complexity index is 3330. The third-order valence-corrected chi connectivity index (χ3v) is 15.8. The highest BCUT2D eigenvalue weighted by Crippen LogP contribution is 2.56. The van der Waals surface area contributed by atoms with Crippen molar-refractivity contribution in [3.63, 3.8) is 0 Å². The molecule has 350 valence electrons. The van der Waals surface area contributed by atoms with Crippen LogP contribution in [0.15, 0.2) is 64.0 Å². The van der Waals surface area contributed by atoms with Crippen molar-refractivity contribution in [1.29, 1.82) is 0 Å². The van der Waals surface area contributed by atoms with Crippen molar-refractivity contribution < 1.29 is 28.0 Å². The number of rotatable bonds is 7. The molecule has 0 unspecified atom stereocenters. The molecule has 16 nitrogen and oxygen atoms in total. The second-order valence-corrected chi connectivity index (χ2v) is 20.8. The number of fused-ring (bicyclic) bond motifs is 7. The van der Waals surface area contributed by atoms with Gasteiger partial charge < -0.3 is 18.9 Å². The van der Waals surface area contributed by atoms with E-state index >= 15 is 14.0 Å². The van der Waals surface area contributed by atoms with Crippen LogP contribution >= 0.6 is 0 Å². The summed E-state index contributed by atoms with van der Waals surface area (Å²) >= 11 is 0. The monoisotopic (exact) mass is 920 g/mol. The summed E-state index contributed by atoms with van der Waals surface area (Å²) in [6, 6.07) is 15.2. The van der Waals surface area contributed by atoms with Crippen molar-refractivity contribution in [3.8, 4) is 11.4 Å². The Labute approximate surface area is 390 Å². The van der Waals surface area contributed by atoms with E-state index in [1.807, 2.05) is 41.1 Å². The number of carbonyl (C=O) groups excluding carboxylic acids is 2. The molecular formula is C51H53FN10O6. The number of aryl methyl sites for hydroxylation is 2. The molecule has 0 bridgehead atoms. The number of aromatic nitrogens is 7. The summed E-state index contributed by atoms with van der Waals surface area (Å²) in [6.45, 7) is 13.4. The van der Waals surface area contributed by atoms with Gasteiger partial charge in [-0.05, 0) is 138 Å². The van der Waals surface area contributed by atoms with Gasteiger partial charge in [-0.1, -0.05) is 18.1 Å². The normalized spacial score (nSPS) is 25.2. The first kappa shape index (κ1) is 41.4. The van der Waals surface area contributed by atoms with Gasteiger partial charge in [-0.25, -0.2) is 18.7 Å². The number of benzene rings is 3. The van der Waals surface area contributed by atoms with E-state index < -0.39 is 17.3 Å². The standard InChI is InChI=1S/C51H53FN10O6/c1-26-17-34(18-27(2)43(26)52)62-45(58-24-35-25-66-44-36-23-53-61(33-8-9-33)39(36)11-12-40(44)59(35)49(58)65)42-29(4)57(15-13-37(42)55-62)46(63)41-20-32-19-30(31-14-16-67-50(5,6)22-31)7-10-38(32)60(41)51(21-28(51)3)47-54-48(64)68-56-47/h7,10-12,17-20,23,28-29,31,33,35H,8-9,13-16,21-22,24-25H2,1-6H3,(H,54,56,64)/t28-,29-,31-,35+,51-/m0/s1. The minimum Gasteiger partial charge on any atom is -0.488 e. The number of hydrogen-bond acceptors (Lipinski definition) is 9. The molecule has 17 heteroatoms. The van der Waals surface area contributed by atoms with Gasteiger partial charge in [0, 0.05) is 36.0 Å². The first-order valence-electron chi connectivity index (χ1n) is 24.0. The first-order chi connectivity index (χ1) is 32.7. The summed E-state index contributed by atoms with van der Waals surface area (Å²) in [7, 11) is 0. The van der Waals surface area contributed by atoms with Crippen molar-refractivity contribution in [2.24, 2.45) is 5.92 Å². The molecule has 7 aromatic rings. The highest BCUT2D eigenvalue weighted by Gasteiger charge is 2.59. The fourth-order valence-electron chi connectivity index (χ4n) is 12.2. The van der Waals surface area contributed by atoms with Gasteiger partial charge in [-0.2, -0.15) is 10.2 Å². The Kier molecular flexibility index (Phi) is 8.77. The number of H-pyrrole nitrogens is 1. The number of nitrogens with zero attached hydrogens (tertiary/aromatic N) is 9. The lowest BCUT2D eigenvalue weighted by Gasteiger charge is -2.35. The summed E-state index contributed by atoms with van der Waals surface area (Å²) in [5.41, 5.74) is 6.16. The largest absolute Gasteiger partial charge is 0.488 e. The molecule has 4 aromatic heterocycles. The third kappa shape index (κ3) is 5.99. The van der Waals surface area contributed by atoms with Crippen LogP contribution in [-0.4, -0.2) is 89.1 Å². The van der Waals surface area contributed by atoms with Crippen LogP contribution in [0, 0.1) is 25.6 Å². The SMILES string of the molecule is Cc1cc(-n2nc3c(c2N2C[C@@H]4COc5c(ccc6c5cnn6C5CC5)N4C2=O)[C@H](C)N(C(=O)c2cc4cc([C@H]5CCOC(C)(C)C5)ccc4n2[C@@]2(c4noc(=O)[nH]4)C[C@@H]2C)CC3)cc(C)c1F. The molecule has 8 heterocycles. The van der Waals surface area contributed by atoms with E-state index in [1.54, 1.807) is 35.6 Å². The number of urea groups is 1. The molecule has 3 aromatic carbocycles. The summed E-state index contributed by atoms with van der Waals surface area (Å²) in [5.74, 6) is 0.724. The maximum Gasteiger partial charge on any atom is 0.438 e. The van der Waals surface area contributed by atoms with Gasteiger partial charge in [0.2, 0.25) is 0 Å². The van der Waals surface area contributed by atoms with Crippen molar-refractivity contribution in [1.82, 2.24) is 39.2 Å². The van der Waals surface area contributed by atoms with E-state index in [9.17, 15) is 4.79 Å². The maximum atomic E-state index is 15.7. The third-order valence-electron chi connectivity index (χ3n) is 15.8. The van der Waals surface area contributed by atoms with Gasteiger partial charge in [-0.3, -0.25) is 28.8 Å². The number of ether oxygens (including phenoxy) is 2. The molecule has 2 aliphatic carbocycles. The van der Waals surface area contributed by atoms with Gasteiger partial charge >= 0.3 is 11.8 Å². The quantitative estimate of drug-likeness (QED) is 0.166. The second kappa shape index (κ2) is 14.4. The zero-order valence-corrected chi connectivity index (χ0v) is 39.0. The van der Waals surface area contributed by atoms with E-state index in [2.05, 4.69) is 58.4 Å². The fourth-order valence-corrected chi connectivity index (χ4v) is 12.2. The highest BCUT2D eigenvalue weighted by molar-refractivity contribution is 6.10. The van der Waals surface area contributed by atoms with Crippen LogP contribution in [0.25, 0.3) is 27.5 Å². The second-order valence-electron chi connectivity index (χ2n) is 20.8. The van der Waals surface area contributed by atoms with Crippen molar-refractivity contribution in [3.05, 3.63) is 111 Å². The lowest BCUT2D eigenvalue weighted by molar-refractivity contribution is -0.0592. The summed E-state index contributed by atoms with van der Waals surface area (Å²) in [5, 5.41) is 15.9. The van der Waals surface area contributed by atoms with Crippen molar-refractivity contribution in [2.75, 3.05) is 36.1 Å². The lowest BCUT2D eigenvalue weighted by atomic mass is 9.83. The molecule has 0 radical (unpaired) electrons. The van der Waals surface area contributed by atoms with Gasteiger partial charge in [0.05, 0.1) is 64.4 Å². The van der Waals surface area contributed by atoms with Crippen LogP contribution in [0.4, 0.5) is 20.7 Å². The van der Waals surface area contributed by atoms with Gasteiger partial charge in [-0.15, -0.1) is 0 Å². The molecule has 0 spiro atoms. The number of anilines is 2. The number of aromatic amines is 1. The predicted molar refractivity (Wildman–Crippen MR) is 251 cm³/mol. The Hall–Kier alpha value is -6.75. The number of carbonyl (C=O) groups is 2. The summed E-state index contributed by atoms with van der Waals surface area (Å²) < 4.78 is 38.8. The van der Waals surface area contributed by atoms with Crippen LogP contribution in [0.1, 0.15) is 122 Å². The van der Waals surface area contributed by atoms with Crippen LogP contribution in [0.5, 0.6) is 5.75 Å². The zero-order valence-electron chi connectivity index (χ0n) is 39.0. The van der Waals surface area contributed by atoms with Crippen LogP contribution < -0.4 is 20.3 Å². The number of hydrogen-bond donors (Lipinski definition) is 1. The predicted octanol–water partition coefficient (Wildman–Crippen LogP) is 8.37. The molecule has 6 aliphatic rings. The van der Waals surface area contributed by atoms with Crippen molar-refractivity contribution in [2.45, 2.75) is 115 Å². The Morgan fingerprint density at radius 1 is 0.956 bits per heavy atom. The molecule has 68 heavy (non-hydrogen) atoms. The molecular weight excluding hydrogens is 868 g/mol. The van der Waals surface area contributed by atoms with Crippen LogP contribution in [0.3, 0.4) is 0 Å². The van der Waals surface area contributed by atoms with Gasteiger partial charge in [0.1, 0.15) is 29.5 Å². The molecule has 2 saturated heterocycles.